The topological polar surface area (TPSA) is 59.9 Å². The smallest absolute Gasteiger partial charge is 0.283 e. The molecule has 0 bridgehead atoms. The zero-order valence-corrected chi connectivity index (χ0v) is 17.4. The first-order valence-corrected chi connectivity index (χ1v) is 10.7. The Kier molecular flexibility index (Phi) is 4.95. The number of halogens is 1. The van der Waals surface area contributed by atoms with Gasteiger partial charge in [0.1, 0.15) is 22.6 Å². The van der Waals surface area contributed by atoms with Crippen LogP contribution >= 0.6 is 11.8 Å². The minimum Gasteiger partial charge on any atom is -0.497 e. The molecule has 0 saturated heterocycles. The third-order valence-corrected chi connectivity index (χ3v) is 6.09. The molecule has 1 N–H and O–H groups in total. The number of benzene rings is 3. The molecule has 0 amide bonds. The van der Waals surface area contributed by atoms with Crippen LogP contribution < -0.4 is 10.3 Å². The highest BCUT2D eigenvalue weighted by Crippen LogP contribution is 2.28. The molecular formula is C24H18FN3O2S. The average Bonchev–Trinajstić information content (AvgIpc) is 3.17. The van der Waals surface area contributed by atoms with Gasteiger partial charge in [-0.15, -0.1) is 0 Å². The van der Waals surface area contributed by atoms with Gasteiger partial charge in [-0.05, 0) is 48.0 Å². The minimum absolute atomic E-state index is 0.187. The van der Waals surface area contributed by atoms with Crippen LogP contribution in [0.5, 0.6) is 5.75 Å². The number of hydrogen-bond acceptors (Lipinski definition) is 4. The predicted molar refractivity (Wildman–Crippen MR) is 122 cm³/mol. The number of methoxy groups -OCH3 is 1. The van der Waals surface area contributed by atoms with E-state index in [0.717, 1.165) is 16.5 Å². The second-order valence-corrected chi connectivity index (χ2v) is 7.99. The van der Waals surface area contributed by atoms with Crippen molar-refractivity contribution in [3.63, 3.8) is 0 Å². The van der Waals surface area contributed by atoms with Crippen LogP contribution in [0.25, 0.3) is 27.6 Å². The lowest BCUT2D eigenvalue weighted by atomic mass is 10.2. The van der Waals surface area contributed by atoms with Crippen LogP contribution in [0.1, 0.15) is 5.56 Å². The second-order valence-electron chi connectivity index (χ2n) is 7.05. The number of aromatic amines is 1. The van der Waals surface area contributed by atoms with Crippen LogP contribution in [0.3, 0.4) is 0 Å². The summed E-state index contributed by atoms with van der Waals surface area (Å²) in [7, 11) is 1.60. The normalized spacial score (nSPS) is 11.3. The summed E-state index contributed by atoms with van der Waals surface area (Å²) in [6.07, 6.45) is 0. The predicted octanol–water partition coefficient (Wildman–Crippen LogP) is 5.31. The standard InChI is InChI=1S/C24H18FN3O2S/c1-30-18-11-9-17(10-12-18)28-23(29)22-21(19-7-2-3-8-20(19)26-22)27-24(28)31-14-15-5-4-6-16(25)13-15/h2-13,26H,14H2,1H3. The monoisotopic (exact) mass is 431 g/mol. The summed E-state index contributed by atoms with van der Waals surface area (Å²) in [5.74, 6) is 0.893. The molecule has 0 aliphatic heterocycles. The van der Waals surface area contributed by atoms with Crippen LogP contribution in [-0.4, -0.2) is 21.6 Å². The molecule has 0 spiro atoms. The Labute approximate surface area is 181 Å². The van der Waals surface area contributed by atoms with Crippen molar-refractivity contribution in [3.05, 3.63) is 94.5 Å². The molecule has 0 aliphatic carbocycles. The molecule has 5 rings (SSSR count). The third kappa shape index (κ3) is 3.57. The van der Waals surface area contributed by atoms with Gasteiger partial charge in [-0.3, -0.25) is 9.36 Å². The van der Waals surface area contributed by atoms with Crippen molar-refractivity contribution in [2.45, 2.75) is 10.9 Å². The molecule has 0 atom stereocenters. The fourth-order valence-corrected chi connectivity index (χ4v) is 4.52. The fraction of sp³-hybridized carbons (Fsp3) is 0.0833. The van der Waals surface area contributed by atoms with Crippen molar-refractivity contribution in [3.8, 4) is 11.4 Å². The van der Waals surface area contributed by atoms with Crippen molar-refractivity contribution < 1.29 is 9.13 Å². The Bertz CT molecular complexity index is 1460. The highest BCUT2D eigenvalue weighted by molar-refractivity contribution is 7.98. The average molecular weight is 431 g/mol. The van der Waals surface area contributed by atoms with Gasteiger partial charge in [0.2, 0.25) is 0 Å². The van der Waals surface area contributed by atoms with E-state index in [-0.39, 0.29) is 11.4 Å². The molecule has 3 aromatic carbocycles. The zero-order chi connectivity index (χ0) is 21.4. The molecule has 7 heteroatoms. The number of para-hydroxylation sites is 1. The summed E-state index contributed by atoms with van der Waals surface area (Å²) in [4.78, 5) is 21.6. The molecule has 0 fully saturated rings. The lowest BCUT2D eigenvalue weighted by Crippen LogP contribution is -2.21. The van der Waals surface area contributed by atoms with Crippen molar-refractivity contribution in [1.82, 2.24) is 14.5 Å². The first kappa shape index (κ1) is 19.4. The van der Waals surface area contributed by atoms with Gasteiger partial charge in [0.15, 0.2) is 5.16 Å². The van der Waals surface area contributed by atoms with Gasteiger partial charge < -0.3 is 9.72 Å². The lowest BCUT2D eigenvalue weighted by molar-refractivity contribution is 0.414. The van der Waals surface area contributed by atoms with Gasteiger partial charge >= 0.3 is 0 Å². The molecule has 0 unspecified atom stereocenters. The summed E-state index contributed by atoms with van der Waals surface area (Å²) in [6.45, 7) is 0. The molecule has 5 nitrogen and oxygen atoms in total. The van der Waals surface area contributed by atoms with Gasteiger partial charge in [0.25, 0.3) is 5.56 Å². The molecule has 5 aromatic rings. The number of ether oxygens (including phenoxy) is 1. The number of rotatable bonds is 5. The molecule has 0 saturated carbocycles. The Morgan fingerprint density at radius 1 is 1.06 bits per heavy atom. The number of aromatic nitrogens is 3. The summed E-state index contributed by atoms with van der Waals surface area (Å²) in [6, 6.07) is 21.4. The Morgan fingerprint density at radius 2 is 1.87 bits per heavy atom. The van der Waals surface area contributed by atoms with Gasteiger partial charge in [-0.25, -0.2) is 9.37 Å². The maximum absolute atomic E-state index is 13.6. The number of thioether (sulfide) groups is 1. The van der Waals surface area contributed by atoms with Crippen molar-refractivity contribution in [1.29, 1.82) is 0 Å². The molecule has 31 heavy (non-hydrogen) atoms. The number of nitrogens with zero attached hydrogens (tertiary/aromatic N) is 2. The first-order valence-electron chi connectivity index (χ1n) is 9.69. The summed E-state index contributed by atoms with van der Waals surface area (Å²) in [5.41, 5.74) is 3.25. The zero-order valence-electron chi connectivity index (χ0n) is 16.6. The SMILES string of the molecule is COc1ccc(-n2c(SCc3cccc(F)c3)nc3c([nH]c4ccccc43)c2=O)cc1. The number of fused-ring (bicyclic) bond motifs is 3. The van der Waals surface area contributed by atoms with Gasteiger partial charge in [0.05, 0.1) is 12.8 Å². The van der Waals surface area contributed by atoms with Crippen LogP contribution in [0.2, 0.25) is 0 Å². The highest BCUT2D eigenvalue weighted by Gasteiger charge is 2.17. The fourth-order valence-electron chi connectivity index (χ4n) is 3.57. The van der Waals surface area contributed by atoms with Crippen LogP contribution in [0, 0.1) is 5.82 Å². The highest BCUT2D eigenvalue weighted by atomic mass is 32.2. The summed E-state index contributed by atoms with van der Waals surface area (Å²) < 4.78 is 20.4. The third-order valence-electron chi connectivity index (χ3n) is 5.08. The van der Waals surface area contributed by atoms with Crippen molar-refractivity contribution in [2.24, 2.45) is 0 Å². The van der Waals surface area contributed by atoms with E-state index in [9.17, 15) is 9.18 Å². The maximum atomic E-state index is 13.6. The minimum atomic E-state index is -0.286. The van der Waals surface area contributed by atoms with Crippen molar-refractivity contribution >= 4 is 33.7 Å². The van der Waals surface area contributed by atoms with Crippen LogP contribution in [-0.2, 0) is 5.75 Å². The van der Waals surface area contributed by atoms with E-state index in [0.29, 0.717) is 33.4 Å². The second kappa shape index (κ2) is 7.92. The largest absolute Gasteiger partial charge is 0.497 e. The van der Waals surface area contributed by atoms with Gasteiger partial charge in [-0.2, -0.15) is 0 Å². The van der Waals surface area contributed by atoms with Crippen LogP contribution in [0.4, 0.5) is 4.39 Å². The van der Waals surface area contributed by atoms with E-state index in [1.165, 1.54) is 23.9 Å². The Balaban J connectivity index is 1.69. The molecular weight excluding hydrogens is 413 g/mol. The van der Waals surface area contributed by atoms with Crippen molar-refractivity contribution in [2.75, 3.05) is 7.11 Å². The molecule has 2 aromatic heterocycles. The number of H-pyrrole nitrogens is 1. The summed E-state index contributed by atoms with van der Waals surface area (Å²) in [5, 5.41) is 1.43. The Hall–Kier alpha value is -3.58. The van der Waals surface area contributed by atoms with E-state index in [1.54, 1.807) is 29.9 Å². The maximum Gasteiger partial charge on any atom is 0.283 e. The van der Waals surface area contributed by atoms with E-state index in [2.05, 4.69) is 4.98 Å². The van der Waals surface area contributed by atoms with E-state index >= 15 is 0 Å². The molecule has 2 heterocycles. The quantitative estimate of drug-likeness (QED) is 0.303. The first-order chi connectivity index (χ1) is 15.1. The molecule has 0 radical (unpaired) electrons. The van der Waals surface area contributed by atoms with Gasteiger partial charge in [-0.1, -0.05) is 42.1 Å². The number of hydrogen-bond donors (Lipinski definition) is 1. The molecule has 154 valence electrons. The Morgan fingerprint density at radius 3 is 2.65 bits per heavy atom. The number of nitrogens with one attached hydrogen (secondary N) is 1. The lowest BCUT2D eigenvalue weighted by Gasteiger charge is -2.13. The van der Waals surface area contributed by atoms with Crippen LogP contribution in [0.15, 0.2) is 82.7 Å². The summed E-state index contributed by atoms with van der Waals surface area (Å²) >= 11 is 1.39. The van der Waals surface area contributed by atoms with Gasteiger partial charge in [0, 0.05) is 16.7 Å². The van der Waals surface area contributed by atoms with E-state index in [4.69, 9.17) is 9.72 Å². The van der Waals surface area contributed by atoms with E-state index in [1.807, 2.05) is 42.5 Å². The van der Waals surface area contributed by atoms with E-state index < -0.39 is 0 Å². The molecule has 0 aliphatic rings.